The molecule has 18 heavy (non-hydrogen) atoms. The van der Waals surface area contributed by atoms with Crippen molar-refractivity contribution in [3.8, 4) is 0 Å². The highest BCUT2D eigenvalue weighted by Crippen LogP contribution is 2.27. The molecule has 0 aromatic carbocycles. The van der Waals surface area contributed by atoms with Gasteiger partial charge in [0.15, 0.2) is 0 Å². The molecule has 0 bridgehead atoms. The molecule has 2 rings (SSSR count). The second kappa shape index (κ2) is 7.22. The maximum absolute atomic E-state index is 10.1. The van der Waals surface area contributed by atoms with E-state index in [2.05, 4.69) is 4.98 Å². The van der Waals surface area contributed by atoms with Crippen LogP contribution in [0, 0.1) is 12.8 Å². The highest BCUT2D eigenvalue weighted by atomic mass is 32.1. The largest absolute Gasteiger partial charge is 0.388 e. The summed E-state index contributed by atoms with van der Waals surface area (Å²) in [6.07, 6.45) is 6.61. The van der Waals surface area contributed by atoms with Crippen LogP contribution < -0.4 is 0 Å². The molecule has 1 fully saturated rings. The minimum absolute atomic E-state index is 0.313. The van der Waals surface area contributed by atoms with Crippen molar-refractivity contribution in [1.82, 2.24) is 4.98 Å². The van der Waals surface area contributed by atoms with E-state index in [1.54, 1.807) is 11.3 Å². The second-order valence-electron chi connectivity index (χ2n) is 5.16. The van der Waals surface area contributed by atoms with Gasteiger partial charge in [-0.2, -0.15) is 0 Å². The van der Waals surface area contributed by atoms with E-state index < -0.39 is 0 Å². The van der Waals surface area contributed by atoms with E-state index >= 15 is 0 Å². The molecule has 0 amide bonds. The Morgan fingerprint density at radius 3 is 2.89 bits per heavy atom. The first-order valence-corrected chi connectivity index (χ1v) is 7.81. The molecular formula is C14H23NO2S. The van der Waals surface area contributed by atoms with Crippen LogP contribution in [0.25, 0.3) is 0 Å². The molecule has 0 spiro atoms. The lowest BCUT2D eigenvalue weighted by Gasteiger charge is -2.21. The number of unbranched alkanes of at least 4 members (excludes halogenated alkanes) is 1. The predicted molar refractivity (Wildman–Crippen MR) is 73.8 cm³/mol. The average Bonchev–Trinajstić information content (AvgIpc) is 2.82. The fraction of sp³-hybridized carbons (Fsp3) is 0.786. The van der Waals surface area contributed by atoms with Crippen molar-refractivity contribution < 1.29 is 9.84 Å². The summed E-state index contributed by atoms with van der Waals surface area (Å²) in [4.78, 5) is 5.23. The first-order valence-electron chi connectivity index (χ1n) is 6.93. The number of thiazole rings is 1. The number of aliphatic hydroxyl groups excluding tert-OH is 1. The monoisotopic (exact) mass is 269 g/mol. The van der Waals surface area contributed by atoms with Crippen molar-refractivity contribution in [3.63, 3.8) is 0 Å². The van der Waals surface area contributed by atoms with E-state index in [1.807, 2.05) is 12.4 Å². The van der Waals surface area contributed by atoms with E-state index in [9.17, 15) is 5.11 Å². The number of rotatable bonds is 6. The van der Waals surface area contributed by atoms with Crippen LogP contribution >= 0.6 is 11.3 Å². The third kappa shape index (κ3) is 4.04. The zero-order valence-electron chi connectivity index (χ0n) is 11.1. The van der Waals surface area contributed by atoms with E-state index in [0.717, 1.165) is 42.5 Å². The number of aromatic nitrogens is 1. The highest BCUT2D eigenvalue weighted by molar-refractivity contribution is 7.09. The Kier molecular flexibility index (Phi) is 5.60. The van der Waals surface area contributed by atoms with Crippen molar-refractivity contribution in [2.24, 2.45) is 5.92 Å². The van der Waals surface area contributed by atoms with Gasteiger partial charge in [0.05, 0.1) is 22.2 Å². The first kappa shape index (κ1) is 14.0. The number of hydrogen-bond acceptors (Lipinski definition) is 4. The number of hydrogen-bond donors (Lipinski definition) is 1. The van der Waals surface area contributed by atoms with Gasteiger partial charge in [-0.1, -0.05) is 19.3 Å². The van der Waals surface area contributed by atoms with Crippen LogP contribution in [-0.2, 0) is 4.74 Å². The van der Waals surface area contributed by atoms with Gasteiger partial charge < -0.3 is 9.84 Å². The number of nitrogens with zero attached hydrogens (tertiary/aromatic N) is 1. The van der Waals surface area contributed by atoms with E-state index in [1.165, 1.54) is 25.7 Å². The Morgan fingerprint density at radius 1 is 1.44 bits per heavy atom. The molecule has 4 heteroatoms. The van der Waals surface area contributed by atoms with Crippen molar-refractivity contribution in [2.75, 3.05) is 13.2 Å². The third-order valence-corrected chi connectivity index (χ3v) is 4.80. The van der Waals surface area contributed by atoms with Crippen molar-refractivity contribution >= 4 is 11.3 Å². The van der Waals surface area contributed by atoms with Gasteiger partial charge in [0.1, 0.15) is 0 Å². The third-order valence-electron chi connectivity index (χ3n) is 3.77. The zero-order valence-corrected chi connectivity index (χ0v) is 11.9. The molecule has 1 aliphatic rings. The molecule has 1 aliphatic heterocycles. The molecule has 0 aliphatic carbocycles. The Hall–Kier alpha value is -0.450. The van der Waals surface area contributed by atoms with Crippen molar-refractivity contribution in [3.05, 3.63) is 16.1 Å². The van der Waals surface area contributed by atoms with Crippen LogP contribution in [0.4, 0.5) is 0 Å². The average molecular weight is 269 g/mol. The van der Waals surface area contributed by atoms with Crippen LogP contribution in [0.5, 0.6) is 0 Å². The van der Waals surface area contributed by atoms with E-state index in [4.69, 9.17) is 4.74 Å². The quantitative estimate of drug-likeness (QED) is 0.804. The summed E-state index contributed by atoms with van der Waals surface area (Å²) in [6.45, 7) is 3.85. The maximum Gasteiger partial charge on any atom is 0.0900 e. The first-order chi connectivity index (χ1) is 8.77. The molecule has 0 saturated carbocycles. The fourth-order valence-corrected chi connectivity index (χ4v) is 3.39. The molecule has 1 N–H and O–H groups in total. The fourth-order valence-electron chi connectivity index (χ4n) is 2.57. The van der Waals surface area contributed by atoms with Gasteiger partial charge in [-0.3, -0.25) is 0 Å². The molecular weight excluding hydrogens is 246 g/mol. The van der Waals surface area contributed by atoms with E-state index in [0.29, 0.717) is 0 Å². The maximum atomic E-state index is 10.1. The number of aryl methyl sites for hydroxylation is 1. The summed E-state index contributed by atoms with van der Waals surface area (Å²) in [5.74, 6) is 0.848. The van der Waals surface area contributed by atoms with Crippen molar-refractivity contribution in [1.29, 1.82) is 0 Å². The van der Waals surface area contributed by atoms with Gasteiger partial charge in [-0.25, -0.2) is 4.98 Å². The Morgan fingerprint density at radius 2 is 2.22 bits per heavy atom. The lowest BCUT2D eigenvalue weighted by atomic mass is 9.93. The van der Waals surface area contributed by atoms with Gasteiger partial charge in [-0.15, -0.1) is 11.3 Å². The summed E-state index contributed by atoms with van der Waals surface area (Å²) in [6, 6.07) is 0. The highest BCUT2D eigenvalue weighted by Gasteiger charge is 2.15. The normalized spacial score (nSPS) is 19.0. The van der Waals surface area contributed by atoms with E-state index in [-0.39, 0.29) is 6.10 Å². The van der Waals surface area contributed by atoms with Gasteiger partial charge >= 0.3 is 0 Å². The molecule has 1 saturated heterocycles. The number of ether oxygens (including phenoxy) is 1. The van der Waals surface area contributed by atoms with Gasteiger partial charge in [0.25, 0.3) is 0 Å². The lowest BCUT2D eigenvalue weighted by molar-refractivity contribution is 0.0626. The van der Waals surface area contributed by atoms with Crippen LogP contribution in [0.1, 0.15) is 55.2 Å². The molecule has 0 radical (unpaired) electrons. The summed E-state index contributed by atoms with van der Waals surface area (Å²) in [5.41, 5.74) is 2.80. The van der Waals surface area contributed by atoms with Crippen LogP contribution in [0.15, 0.2) is 5.51 Å². The SMILES string of the molecule is Cc1ncsc1C(O)CCCCC1CCOCC1. The Balaban J connectivity index is 1.61. The second-order valence-corrected chi connectivity index (χ2v) is 6.04. The minimum atomic E-state index is -0.313. The summed E-state index contributed by atoms with van der Waals surface area (Å²) >= 11 is 1.57. The van der Waals surface area contributed by atoms with Crippen LogP contribution in [-0.4, -0.2) is 23.3 Å². The smallest absolute Gasteiger partial charge is 0.0900 e. The topological polar surface area (TPSA) is 42.4 Å². The molecule has 1 atom stereocenters. The Labute approximate surface area is 113 Å². The molecule has 1 aromatic heterocycles. The lowest BCUT2D eigenvalue weighted by Crippen LogP contribution is -2.15. The molecule has 3 nitrogen and oxygen atoms in total. The van der Waals surface area contributed by atoms with Gasteiger partial charge in [0, 0.05) is 13.2 Å². The zero-order chi connectivity index (χ0) is 12.8. The summed E-state index contributed by atoms with van der Waals surface area (Å²) in [5, 5.41) is 10.1. The molecule has 1 unspecified atom stereocenters. The summed E-state index contributed by atoms with van der Waals surface area (Å²) < 4.78 is 5.36. The standard InChI is InChI=1S/C14H23NO2S/c1-11-14(18-10-15-11)13(16)5-3-2-4-12-6-8-17-9-7-12/h10,12-13,16H,2-9H2,1H3. The summed E-state index contributed by atoms with van der Waals surface area (Å²) in [7, 11) is 0. The Bertz CT molecular complexity index is 347. The minimum Gasteiger partial charge on any atom is -0.388 e. The number of aliphatic hydroxyl groups is 1. The molecule has 102 valence electrons. The molecule has 2 heterocycles. The van der Waals surface area contributed by atoms with Gasteiger partial charge in [0.2, 0.25) is 0 Å². The molecule has 1 aromatic rings. The van der Waals surface area contributed by atoms with Crippen LogP contribution in [0.2, 0.25) is 0 Å². The van der Waals surface area contributed by atoms with Gasteiger partial charge in [-0.05, 0) is 32.1 Å². The predicted octanol–water partition coefficient (Wildman–Crippen LogP) is 3.47. The van der Waals surface area contributed by atoms with Crippen molar-refractivity contribution in [2.45, 2.75) is 51.6 Å². The van der Waals surface area contributed by atoms with Crippen LogP contribution in [0.3, 0.4) is 0 Å².